The molecule has 0 saturated carbocycles. The topological polar surface area (TPSA) is 81.1 Å². The van der Waals surface area contributed by atoms with Gasteiger partial charge in [0.15, 0.2) is 5.69 Å². The number of nitrogens with two attached hydrogens (primary N) is 1. The molecule has 2 aromatic rings. The number of hydrogen-bond donors (Lipinski definition) is 2. The van der Waals surface area contributed by atoms with E-state index in [1.165, 1.54) is 10.7 Å². The fourth-order valence-electron chi connectivity index (χ4n) is 1.56. The first-order valence-corrected chi connectivity index (χ1v) is 5.15. The quantitative estimate of drug-likeness (QED) is 0.825. The molecule has 1 aromatic heterocycles. The molecule has 0 aliphatic carbocycles. The summed E-state index contributed by atoms with van der Waals surface area (Å²) < 4.78 is 1.43. The summed E-state index contributed by atoms with van der Waals surface area (Å²) in [6.45, 7) is 3.99. The van der Waals surface area contributed by atoms with E-state index in [2.05, 4.69) is 5.10 Å². The van der Waals surface area contributed by atoms with Gasteiger partial charge in [-0.3, -0.25) is 0 Å². The molecular formula is C12H13N3O2. The highest BCUT2D eigenvalue weighted by molar-refractivity contribution is 5.86. The molecule has 5 heteroatoms. The maximum absolute atomic E-state index is 10.8. The summed E-state index contributed by atoms with van der Waals surface area (Å²) >= 11 is 0. The summed E-state index contributed by atoms with van der Waals surface area (Å²) in [5, 5.41) is 12.8. The molecule has 0 aliphatic heterocycles. The monoisotopic (exact) mass is 231 g/mol. The maximum Gasteiger partial charge on any atom is 0.356 e. The average Bonchev–Trinajstić information content (AvgIpc) is 2.65. The van der Waals surface area contributed by atoms with Gasteiger partial charge in [-0.25, -0.2) is 9.48 Å². The largest absolute Gasteiger partial charge is 0.476 e. The Bertz CT molecular complexity index is 587. The molecule has 88 valence electrons. The number of benzene rings is 1. The van der Waals surface area contributed by atoms with Gasteiger partial charge < -0.3 is 10.8 Å². The molecule has 5 nitrogen and oxygen atoms in total. The summed E-state index contributed by atoms with van der Waals surface area (Å²) in [5.74, 6) is -0.773. The summed E-state index contributed by atoms with van der Waals surface area (Å²) in [6.07, 6.45) is 0. The summed E-state index contributed by atoms with van der Waals surface area (Å²) in [5.41, 5.74) is 8.71. The zero-order valence-corrected chi connectivity index (χ0v) is 9.64. The predicted octanol–water partition coefficient (Wildman–Crippen LogP) is 1.77. The van der Waals surface area contributed by atoms with Gasteiger partial charge in [0.05, 0.1) is 5.69 Å². The van der Waals surface area contributed by atoms with E-state index in [0.29, 0.717) is 5.82 Å². The number of aromatic nitrogens is 2. The normalized spacial score (nSPS) is 10.5. The molecular weight excluding hydrogens is 218 g/mol. The number of anilines is 1. The van der Waals surface area contributed by atoms with E-state index in [1.807, 2.05) is 32.0 Å². The van der Waals surface area contributed by atoms with Crippen molar-refractivity contribution in [2.45, 2.75) is 13.8 Å². The van der Waals surface area contributed by atoms with Gasteiger partial charge in [-0.1, -0.05) is 6.07 Å². The van der Waals surface area contributed by atoms with Crippen LogP contribution in [0, 0.1) is 13.8 Å². The zero-order chi connectivity index (χ0) is 12.6. The first-order chi connectivity index (χ1) is 7.99. The van der Waals surface area contributed by atoms with Crippen molar-refractivity contribution in [2.24, 2.45) is 0 Å². The van der Waals surface area contributed by atoms with Crippen molar-refractivity contribution in [2.75, 3.05) is 5.73 Å². The van der Waals surface area contributed by atoms with E-state index in [9.17, 15) is 4.79 Å². The predicted molar refractivity (Wildman–Crippen MR) is 64.4 cm³/mol. The standard InChI is InChI=1S/C12H13N3O2/c1-7-3-4-9(5-8(7)2)15-11(13)6-10(14-15)12(16)17/h3-6H,13H2,1-2H3,(H,16,17). The Morgan fingerprint density at radius 3 is 2.53 bits per heavy atom. The van der Waals surface area contributed by atoms with Crippen LogP contribution in [0.5, 0.6) is 0 Å². The van der Waals surface area contributed by atoms with E-state index in [1.54, 1.807) is 0 Å². The van der Waals surface area contributed by atoms with Gasteiger partial charge >= 0.3 is 5.97 Å². The number of nitrogens with zero attached hydrogens (tertiary/aromatic N) is 2. The molecule has 1 heterocycles. The number of aryl methyl sites for hydroxylation is 2. The summed E-state index contributed by atoms with van der Waals surface area (Å²) in [7, 11) is 0. The Morgan fingerprint density at radius 2 is 2.00 bits per heavy atom. The number of nitrogen functional groups attached to an aromatic ring is 1. The van der Waals surface area contributed by atoms with Gasteiger partial charge in [-0.15, -0.1) is 0 Å². The van der Waals surface area contributed by atoms with Crippen LogP contribution in [-0.4, -0.2) is 20.9 Å². The molecule has 0 bridgehead atoms. The SMILES string of the molecule is Cc1ccc(-n2nc(C(=O)O)cc2N)cc1C. The van der Waals surface area contributed by atoms with Crippen LogP contribution in [0.1, 0.15) is 21.6 Å². The number of carbonyl (C=O) groups is 1. The highest BCUT2D eigenvalue weighted by Crippen LogP contribution is 2.17. The van der Waals surface area contributed by atoms with E-state index in [-0.39, 0.29) is 5.69 Å². The Morgan fingerprint density at radius 1 is 1.29 bits per heavy atom. The van der Waals surface area contributed by atoms with Crippen LogP contribution in [0.25, 0.3) is 5.69 Å². The van der Waals surface area contributed by atoms with E-state index < -0.39 is 5.97 Å². The molecule has 3 N–H and O–H groups in total. The van der Waals surface area contributed by atoms with Crippen molar-refractivity contribution in [1.82, 2.24) is 9.78 Å². The highest BCUT2D eigenvalue weighted by Gasteiger charge is 2.12. The van der Waals surface area contributed by atoms with Crippen molar-refractivity contribution in [3.63, 3.8) is 0 Å². The molecule has 2 rings (SSSR count). The Hall–Kier alpha value is -2.30. The van der Waals surface area contributed by atoms with Crippen LogP contribution < -0.4 is 5.73 Å². The zero-order valence-electron chi connectivity index (χ0n) is 9.64. The molecule has 0 atom stereocenters. The number of aromatic carboxylic acids is 1. The average molecular weight is 231 g/mol. The van der Waals surface area contributed by atoms with Gasteiger partial charge in [-0.2, -0.15) is 5.10 Å². The summed E-state index contributed by atoms with van der Waals surface area (Å²) in [4.78, 5) is 10.8. The lowest BCUT2D eigenvalue weighted by Gasteiger charge is -2.06. The highest BCUT2D eigenvalue weighted by atomic mass is 16.4. The van der Waals surface area contributed by atoms with Crippen molar-refractivity contribution in [3.8, 4) is 5.69 Å². The first-order valence-electron chi connectivity index (χ1n) is 5.15. The molecule has 0 spiro atoms. The van der Waals surface area contributed by atoms with Crippen LogP contribution in [0.4, 0.5) is 5.82 Å². The number of carboxylic acid groups (broad SMARTS) is 1. The minimum Gasteiger partial charge on any atom is -0.476 e. The van der Waals surface area contributed by atoms with Gasteiger partial charge in [0, 0.05) is 6.07 Å². The van der Waals surface area contributed by atoms with Crippen LogP contribution in [0.2, 0.25) is 0 Å². The number of carboxylic acids is 1. The molecule has 1 aromatic carbocycles. The van der Waals surface area contributed by atoms with Crippen LogP contribution in [-0.2, 0) is 0 Å². The molecule has 0 saturated heterocycles. The number of hydrogen-bond acceptors (Lipinski definition) is 3. The fourth-order valence-corrected chi connectivity index (χ4v) is 1.56. The minimum absolute atomic E-state index is 0.0549. The van der Waals surface area contributed by atoms with E-state index in [4.69, 9.17) is 10.8 Å². The second kappa shape index (κ2) is 3.93. The minimum atomic E-state index is -1.08. The molecule has 0 fully saturated rings. The van der Waals surface area contributed by atoms with Crippen LogP contribution >= 0.6 is 0 Å². The Balaban J connectivity index is 2.52. The third kappa shape index (κ3) is 1.99. The van der Waals surface area contributed by atoms with Crippen molar-refractivity contribution in [1.29, 1.82) is 0 Å². The van der Waals surface area contributed by atoms with Crippen LogP contribution in [0.15, 0.2) is 24.3 Å². The molecule has 0 aliphatic rings. The molecule has 0 unspecified atom stereocenters. The van der Waals surface area contributed by atoms with Gasteiger partial charge in [0.1, 0.15) is 5.82 Å². The Labute approximate surface area is 98.5 Å². The van der Waals surface area contributed by atoms with Crippen molar-refractivity contribution in [3.05, 3.63) is 41.1 Å². The lowest BCUT2D eigenvalue weighted by atomic mass is 10.1. The van der Waals surface area contributed by atoms with Gasteiger partial charge in [0.2, 0.25) is 0 Å². The lowest BCUT2D eigenvalue weighted by Crippen LogP contribution is -2.04. The van der Waals surface area contributed by atoms with Crippen LogP contribution in [0.3, 0.4) is 0 Å². The van der Waals surface area contributed by atoms with Gasteiger partial charge in [-0.05, 0) is 37.1 Å². The smallest absolute Gasteiger partial charge is 0.356 e. The van der Waals surface area contributed by atoms with E-state index >= 15 is 0 Å². The second-order valence-electron chi connectivity index (χ2n) is 3.94. The Kier molecular flexibility index (Phi) is 2.59. The van der Waals surface area contributed by atoms with Gasteiger partial charge in [0.25, 0.3) is 0 Å². The van der Waals surface area contributed by atoms with Crippen molar-refractivity contribution >= 4 is 11.8 Å². The van der Waals surface area contributed by atoms with Crippen molar-refractivity contribution < 1.29 is 9.90 Å². The first kappa shape index (κ1) is 11.2. The number of rotatable bonds is 2. The molecule has 17 heavy (non-hydrogen) atoms. The molecule has 0 radical (unpaired) electrons. The van der Waals surface area contributed by atoms with E-state index in [0.717, 1.165) is 16.8 Å². The molecule has 0 amide bonds. The third-order valence-electron chi connectivity index (χ3n) is 2.69. The lowest BCUT2D eigenvalue weighted by molar-refractivity contribution is 0.0690. The third-order valence-corrected chi connectivity index (χ3v) is 2.69. The maximum atomic E-state index is 10.8. The summed E-state index contributed by atoms with van der Waals surface area (Å²) in [6, 6.07) is 7.07. The second-order valence-corrected chi connectivity index (χ2v) is 3.94. The fraction of sp³-hybridized carbons (Fsp3) is 0.167.